The van der Waals surface area contributed by atoms with Crippen molar-refractivity contribution in [2.45, 2.75) is 50.5 Å². The first-order chi connectivity index (χ1) is 11.1. The Labute approximate surface area is 137 Å². The van der Waals surface area contributed by atoms with E-state index in [1.165, 1.54) is 0 Å². The highest BCUT2D eigenvalue weighted by atomic mass is 16.5. The maximum atomic E-state index is 12.0. The van der Waals surface area contributed by atoms with Crippen LogP contribution in [-0.2, 0) is 11.2 Å². The van der Waals surface area contributed by atoms with Gasteiger partial charge in [0.25, 0.3) is 0 Å². The third-order valence-corrected chi connectivity index (χ3v) is 4.24. The van der Waals surface area contributed by atoms with Gasteiger partial charge in [-0.1, -0.05) is 37.8 Å². The summed E-state index contributed by atoms with van der Waals surface area (Å²) in [6, 6.07) is 9.03. The van der Waals surface area contributed by atoms with Crippen LogP contribution >= 0.6 is 0 Å². The molecule has 1 aliphatic rings. The van der Waals surface area contributed by atoms with E-state index in [-0.39, 0.29) is 18.9 Å². The minimum atomic E-state index is -0.749. The van der Waals surface area contributed by atoms with E-state index in [2.05, 4.69) is 5.32 Å². The molecular formula is C18H24N2O3. The van der Waals surface area contributed by atoms with Crippen molar-refractivity contribution in [2.75, 3.05) is 13.2 Å². The van der Waals surface area contributed by atoms with Crippen molar-refractivity contribution in [1.82, 2.24) is 5.32 Å². The molecule has 1 amide bonds. The number of ether oxygens (including phenoxy) is 1. The highest BCUT2D eigenvalue weighted by Crippen LogP contribution is 2.26. The fourth-order valence-electron chi connectivity index (χ4n) is 2.89. The minimum absolute atomic E-state index is 0.0123. The van der Waals surface area contributed by atoms with E-state index < -0.39 is 5.60 Å². The molecular weight excluding hydrogens is 292 g/mol. The van der Waals surface area contributed by atoms with Crippen LogP contribution in [-0.4, -0.2) is 29.8 Å². The lowest BCUT2D eigenvalue weighted by Crippen LogP contribution is -2.43. The van der Waals surface area contributed by atoms with E-state index in [0.717, 1.165) is 44.1 Å². The van der Waals surface area contributed by atoms with Crippen LogP contribution in [0.25, 0.3) is 0 Å². The maximum Gasteiger partial charge on any atom is 0.224 e. The van der Waals surface area contributed by atoms with E-state index in [4.69, 9.17) is 10.00 Å². The lowest BCUT2D eigenvalue weighted by Gasteiger charge is -2.26. The van der Waals surface area contributed by atoms with Crippen molar-refractivity contribution in [1.29, 1.82) is 5.26 Å². The topological polar surface area (TPSA) is 82.3 Å². The second-order valence-corrected chi connectivity index (χ2v) is 6.18. The Morgan fingerprint density at radius 2 is 1.87 bits per heavy atom. The predicted molar refractivity (Wildman–Crippen MR) is 86.9 cm³/mol. The van der Waals surface area contributed by atoms with Crippen molar-refractivity contribution in [2.24, 2.45) is 0 Å². The van der Waals surface area contributed by atoms with Gasteiger partial charge in [-0.15, -0.1) is 0 Å². The Balaban J connectivity index is 1.79. The number of nitriles is 1. The number of nitrogens with zero attached hydrogens (tertiary/aromatic N) is 1. The smallest absolute Gasteiger partial charge is 0.224 e. The van der Waals surface area contributed by atoms with Crippen LogP contribution in [0.2, 0.25) is 0 Å². The summed E-state index contributed by atoms with van der Waals surface area (Å²) in [5.41, 5.74) is 0.126. The number of hydrogen-bond donors (Lipinski definition) is 2. The molecule has 23 heavy (non-hydrogen) atoms. The highest BCUT2D eigenvalue weighted by Gasteiger charge is 2.28. The third kappa shape index (κ3) is 5.91. The van der Waals surface area contributed by atoms with Gasteiger partial charge in [-0.3, -0.25) is 4.79 Å². The summed E-state index contributed by atoms with van der Waals surface area (Å²) < 4.78 is 5.17. The fraction of sp³-hybridized carbons (Fsp3) is 0.556. The Morgan fingerprint density at radius 1 is 1.22 bits per heavy atom. The van der Waals surface area contributed by atoms with Crippen LogP contribution in [0.5, 0.6) is 5.75 Å². The average molecular weight is 316 g/mol. The Morgan fingerprint density at radius 3 is 2.48 bits per heavy atom. The molecule has 1 fully saturated rings. The van der Waals surface area contributed by atoms with E-state index >= 15 is 0 Å². The molecule has 0 bridgehead atoms. The van der Waals surface area contributed by atoms with Gasteiger partial charge >= 0.3 is 0 Å². The molecule has 124 valence electrons. The van der Waals surface area contributed by atoms with Crippen molar-refractivity contribution >= 4 is 5.91 Å². The summed E-state index contributed by atoms with van der Waals surface area (Å²) in [4.78, 5) is 12.0. The molecule has 1 aromatic carbocycles. The predicted octanol–water partition coefficient (Wildman–Crippen LogP) is 2.33. The largest absolute Gasteiger partial charge is 0.479 e. The van der Waals surface area contributed by atoms with Gasteiger partial charge in [-0.25, -0.2) is 0 Å². The first kappa shape index (κ1) is 17.3. The van der Waals surface area contributed by atoms with Gasteiger partial charge in [0.05, 0.1) is 12.0 Å². The standard InChI is InChI=1S/C18H24N2O3/c19-11-12-23-16-7-5-15(6-8-16)13-17(21)20-14-18(22)9-3-1-2-4-10-18/h5-8,22H,1-4,9-10,12-14H2,(H,20,21). The monoisotopic (exact) mass is 316 g/mol. The molecule has 0 aromatic heterocycles. The van der Waals surface area contributed by atoms with Crippen LogP contribution in [0.3, 0.4) is 0 Å². The quantitative estimate of drug-likeness (QED) is 0.789. The highest BCUT2D eigenvalue weighted by molar-refractivity contribution is 5.78. The number of amides is 1. The molecule has 0 atom stereocenters. The zero-order chi connectivity index (χ0) is 16.5. The molecule has 1 aromatic rings. The summed E-state index contributed by atoms with van der Waals surface area (Å²) in [5.74, 6) is 0.525. The minimum Gasteiger partial charge on any atom is -0.479 e. The number of carbonyl (C=O) groups is 1. The fourth-order valence-corrected chi connectivity index (χ4v) is 2.89. The molecule has 0 aliphatic heterocycles. The van der Waals surface area contributed by atoms with Crippen molar-refractivity contribution in [3.63, 3.8) is 0 Å². The number of nitrogens with one attached hydrogen (secondary N) is 1. The van der Waals surface area contributed by atoms with Crippen LogP contribution in [0.15, 0.2) is 24.3 Å². The van der Waals surface area contributed by atoms with Gasteiger partial charge in [0.15, 0.2) is 6.61 Å². The number of hydrogen-bond acceptors (Lipinski definition) is 4. The molecule has 1 saturated carbocycles. The third-order valence-electron chi connectivity index (χ3n) is 4.24. The van der Waals surface area contributed by atoms with Gasteiger partial charge in [0.1, 0.15) is 11.8 Å². The molecule has 0 unspecified atom stereocenters. The summed E-state index contributed by atoms with van der Waals surface area (Å²) in [6.07, 6.45) is 6.17. The Kier molecular flexibility index (Phi) is 6.42. The molecule has 0 spiro atoms. The van der Waals surface area contributed by atoms with Crippen LogP contribution < -0.4 is 10.1 Å². The molecule has 0 radical (unpaired) electrons. The first-order valence-corrected chi connectivity index (χ1v) is 8.19. The molecule has 5 nitrogen and oxygen atoms in total. The number of benzene rings is 1. The maximum absolute atomic E-state index is 12.0. The van der Waals surface area contributed by atoms with E-state index in [1.807, 2.05) is 18.2 Å². The number of rotatable bonds is 6. The Bertz CT molecular complexity index is 540. The molecule has 2 rings (SSSR count). The summed E-state index contributed by atoms with van der Waals surface area (Å²) in [5, 5.41) is 21.8. The Hall–Kier alpha value is -2.06. The van der Waals surface area contributed by atoms with Gasteiger partial charge in [0, 0.05) is 6.54 Å². The molecule has 0 heterocycles. The van der Waals surface area contributed by atoms with E-state index in [0.29, 0.717) is 12.3 Å². The zero-order valence-corrected chi connectivity index (χ0v) is 13.4. The zero-order valence-electron chi connectivity index (χ0n) is 13.4. The SMILES string of the molecule is N#CCOc1ccc(CC(=O)NCC2(O)CCCCCC2)cc1. The normalized spacial score (nSPS) is 16.9. The summed E-state index contributed by atoms with van der Waals surface area (Å²) >= 11 is 0. The van der Waals surface area contributed by atoms with Gasteiger partial charge in [0.2, 0.25) is 5.91 Å². The van der Waals surface area contributed by atoms with Crippen molar-refractivity contribution in [3.05, 3.63) is 29.8 Å². The second-order valence-electron chi connectivity index (χ2n) is 6.18. The van der Waals surface area contributed by atoms with Crippen LogP contribution in [0.1, 0.15) is 44.1 Å². The molecule has 5 heteroatoms. The van der Waals surface area contributed by atoms with E-state index in [1.54, 1.807) is 12.1 Å². The first-order valence-electron chi connectivity index (χ1n) is 8.19. The molecule has 2 N–H and O–H groups in total. The lowest BCUT2D eigenvalue weighted by molar-refractivity contribution is -0.121. The van der Waals surface area contributed by atoms with Crippen molar-refractivity contribution < 1.29 is 14.6 Å². The van der Waals surface area contributed by atoms with Gasteiger partial charge in [-0.05, 0) is 30.5 Å². The van der Waals surface area contributed by atoms with Gasteiger partial charge in [-0.2, -0.15) is 5.26 Å². The van der Waals surface area contributed by atoms with E-state index in [9.17, 15) is 9.90 Å². The molecule has 1 aliphatic carbocycles. The number of aliphatic hydroxyl groups is 1. The average Bonchev–Trinajstić information content (AvgIpc) is 2.78. The van der Waals surface area contributed by atoms with Crippen LogP contribution in [0.4, 0.5) is 0 Å². The second kappa shape index (κ2) is 8.54. The van der Waals surface area contributed by atoms with Gasteiger partial charge < -0.3 is 15.2 Å². The number of carbonyl (C=O) groups excluding carboxylic acids is 1. The lowest BCUT2D eigenvalue weighted by atomic mass is 9.94. The van der Waals surface area contributed by atoms with Crippen LogP contribution in [0, 0.1) is 11.3 Å². The van der Waals surface area contributed by atoms with Crippen molar-refractivity contribution in [3.8, 4) is 11.8 Å². The molecule has 0 saturated heterocycles. The summed E-state index contributed by atoms with van der Waals surface area (Å²) in [6.45, 7) is 0.341. The summed E-state index contributed by atoms with van der Waals surface area (Å²) in [7, 11) is 0.